The van der Waals surface area contributed by atoms with Crippen molar-refractivity contribution >= 4 is 0 Å². The van der Waals surface area contributed by atoms with Gasteiger partial charge in [-0.15, -0.1) is 0 Å². The molecule has 0 saturated carbocycles. The Balaban J connectivity index is 1.48. The molecule has 7 heteroatoms. The maximum absolute atomic E-state index is 15.1. The molecule has 0 N–H and O–H groups in total. The third-order valence-corrected chi connectivity index (χ3v) is 6.63. The van der Waals surface area contributed by atoms with Gasteiger partial charge >= 0.3 is 0 Å². The maximum Gasteiger partial charge on any atom is 0.201 e. The van der Waals surface area contributed by atoms with Crippen LogP contribution in [0.5, 0.6) is 5.75 Å². The number of halogens is 4. The monoisotopic (exact) mass is 528 g/mol. The first-order chi connectivity index (χ1) is 18.4. The third kappa shape index (κ3) is 6.27. The molecule has 1 fully saturated rings. The van der Waals surface area contributed by atoms with Crippen molar-refractivity contribution in [3.8, 4) is 28.0 Å². The molecule has 0 unspecified atom stereocenters. The predicted octanol–water partition coefficient (Wildman–Crippen LogP) is 8.57. The van der Waals surface area contributed by atoms with Gasteiger partial charge in [0.05, 0.1) is 19.8 Å². The van der Waals surface area contributed by atoms with Crippen molar-refractivity contribution < 1.29 is 31.8 Å². The summed E-state index contributed by atoms with van der Waals surface area (Å²) in [4.78, 5) is 0. The predicted molar refractivity (Wildman–Crippen MR) is 140 cm³/mol. The van der Waals surface area contributed by atoms with Gasteiger partial charge in [0.2, 0.25) is 5.82 Å². The van der Waals surface area contributed by atoms with Gasteiger partial charge in [-0.3, -0.25) is 0 Å². The van der Waals surface area contributed by atoms with E-state index in [1.807, 2.05) is 6.92 Å². The minimum Gasteiger partial charge on any atom is -0.490 e. The van der Waals surface area contributed by atoms with Crippen LogP contribution in [0, 0.1) is 23.3 Å². The second-order valence-electron chi connectivity index (χ2n) is 9.31. The molecule has 3 aromatic carbocycles. The fourth-order valence-corrected chi connectivity index (χ4v) is 4.48. The minimum atomic E-state index is -1.04. The molecule has 0 amide bonds. The van der Waals surface area contributed by atoms with E-state index in [0.717, 1.165) is 25.7 Å². The van der Waals surface area contributed by atoms with Gasteiger partial charge in [0, 0.05) is 17.0 Å². The van der Waals surface area contributed by atoms with Crippen molar-refractivity contribution in [2.45, 2.75) is 51.7 Å². The number of unbranched alkanes of at least 4 members (excludes halogenated alkanes) is 3. The van der Waals surface area contributed by atoms with E-state index < -0.39 is 35.5 Å². The molecule has 0 atom stereocenters. The van der Waals surface area contributed by atoms with Crippen molar-refractivity contribution in [2.24, 2.45) is 0 Å². The lowest BCUT2D eigenvalue weighted by molar-refractivity contribution is -0.159. The van der Waals surface area contributed by atoms with Gasteiger partial charge < -0.3 is 14.2 Å². The summed E-state index contributed by atoms with van der Waals surface area (Å²) in [7, 11) is 0. The fourth-order valence-electron chi connectivity index (χ4n) is 4.48. The zero-order chi connectivity index (χ0) is 27.1. The lowest BCUT2D eigenvalue weighted by atomic mass is 9.94. The molecule has 1 saturated heterocycles. The highest BCUT2D eigenvalue weighted by Gasteiger charge is 2.27. The average molecular weight is 529 g/mol. The number of hydrogen-bond donors (Lipinski definition) is 0. The van der Waals surface area contributed by atoms with E-state index >= 15 is 8.78 Å². The SMILES string of the molecule is C/C=C/C1OCC(c2ccc(-c3ccc(-c4ccc(OCCCCCC)c(F)c4F)cc3)c(F)c2F)CO1. The van der Waals surface area contributed by atoms with Gasteiger partial charge in [-0.1, -0.05) is 68.7 Å². The van der Waals surface area contributed by atoms with Gasteiger partial charge in [0.15, 0.2) is 29.5 Å². The summed E-state index contributed by atoms with van der Waals surface area (Å²) < 4.78 is 76.0. The van der Waals surface area contributed by atoms with E-state index in [-0.39, 0.29) is 35.7 Å². The van der Waals surface area contributed by atoms with Crippen molar-refractivity contribution in [1.29, 1.82) is 0 Å². The van der Waals surface area contributed by atoms with Crippen LogP contribution in [0.4, 0.5) is 17.6 Å². The van der Waals surface area contributed by atoms with Crippen LogP contribution in [-0.2, 0) is 9.47 Å². The standard InChI is InChI=1S/C31H32F4O3/c1-3-5-6-7-17-36-26-16-15-24(30(34)31(26)35)21-11-9-20(10-12-21)23-13-14-25(29(33)28(23)32)22-18-37-27(8-4-2)38-19-22/h4,8-16,22,27H,3,5-7,17-19H2,1-2H3/b8-4+. The summed E-state index contributed by atoms with van der Waals surface area (Å²) in [6.07, 6.45) is 6.95. The Bertz CT molecular complexity index is 1250. The fraction of sp³-hybridized carbons (Fsp3) is 0.355. The Morgan fingerprint density at radius 2 is 1.37 bits per heavy atom. The van der Waals surface area contributed by atoms with Gasteiger partial charge in [0.25, 0.3) is 0 Å². The molecule has 202 valence electrons. The Hall–Kier alpha value is -3.16. The van der Waals surface area contributed by atoms with E-state index in [1.165, 1.54) is 24.3 Å². The summed E-state index contributed by atoms with van der Waals surface area (Å²) in [6, 6.07) is 12.1. The topological polar surface area (TPSA) is 27.7 Å². The molecular weight excluding hydrogens is 496 g/mol. The van der Waals surface area contributed by atoms with Gasteiger partial charge in [-0.25, -0.2) is 13.2 Å². The third-order valence-electron chi connectivity index (χ3n) is 6.63. The number of ether oxygens (including phenoxy) is 3. The Labute approximate surface area is 221 Å². The van der Waals surface area contributed by atoms with Crippen LogP contribution < -0.4 is 4.74 Å². The zero-order valence-corrected chi connectivity index (χ0v) is 21.6. The second-order valence-corrected chi connectivity index (χ2v) is 9.31. The highest BCUT2D eigenvalue weighted by Crippen LogP contribution is 2.34. The number of allylic oxidation sites excluding steroid dienone is 1. The smallest absolute Gasteiger partial charge is 0.201 e. The van der Waals surface area contributed by atoms with Crippen molar-refractivity contribution in [3.63, 3.8) is 0 Å². The summed E-state index contributed by atoms with van der Waals surface area (Å²) in [5, 5.41) is 0. The first-order valence-electron chi connectivity index (χ1n) is 13.0. The van der Waals surface area contributed by atoms with E-state index in [9.17, 15) is 8.78 Å². The average Bonchev–Trinajstić information content (AvgIpc) is 2.93. The maximum atomic E-state index is 15.1. The first kappa shape index (κ1) is 27.9. The van der Waals surface area contributed by atoms with Crippen LogP contribution in [0.3, 0.4) is 0 Å². The molecular formula is C31H32F4O3. The van der Waals surface area contributed by atoms with Crippen LogP contribution in [0.15, 0.2) is 60.7 Å². The highest BCUT2D eigenvalue weighted by atomic mass is 19.2. The zero-order valence-electron chi connectivity index (χ0n) is 21.6. The summed E-state index contributed by atoms with van der Waals surface area (Å²) in [5.41, 5.74) is 1.13. The molecule has 3 nitrogen and oxygen atoms in total. The Kier molecular flexibility index (Phi) is 9.58. The molecule has 1 aliphatic rings. The van der Waals surface area contributed by atoms with E-state index in [1.54, 1.807) is 36.4 Å². The summed E-state index contributed by atoms with van der Waals surface area (Å²) in [6.45, 7) is 4.68. The van der Waals surface area contributed by atoms with Crippen molar-refractivity contribution in [2.75, 3.05) is 19.8 Å². The Morgan fingerprint density at radius 1 is 0.763 bits per heavy atom. The van der Waals surface area contributed by atoms with Crippen LogP contribution >= 0.6 is 0 Å². The summed E-state index contributed by atoms with van der Waals surface area (Å²) in [5.74, 6) is -4.54. The number of hydrogen-bond acceptors (Lipinski definition) is 3. The molecule has 1 aliphatic heterocycles. The highest BCUT2D eigenvalue weighted by molar-refractivity contribution is 5.72. The number of benzene rings is 3. The van der Waals surface area contributed by atoms with Crippen LogP contribution in [0.25, 0.3) is 22.3 Å². The molecule has 38 heavy (non-hydrogen) atoms. The Morgan fingerprint density at radius 3 is 1.97 bits per heavy atom. The first-order valence-corrected chi connectivity index (χ1v) is 13.0. The minimum absolute atomic E-state index is 0.0582. The van der Waals surface area contributed by atoms with Crippen LogP contribution in [-0.4, -0.2) is 26.1 Å². The van der Waals surface area contributed by atoms with Gasteiger partial charge in [0.1, 0.15) is 0 Å². The molecule has 4 rings (SSSR count). The van der Waals surface area contributed by atoms with Gasteiger partial charge in [-0.2, -0.15) is 4.39 Å². The van der Waals surface area contributed by atoms with Gasteiger partial charge in [-0.05, 0) is 48.2 Å². The number of rotatable bonds is 10. The molecule has 3 aromatic rings. The molecule has 0 aromatic heterocycles. The summed E-state index contributed by atoms with van der Waals surface area (Å²) >= 11 is 0. The van der Waals surface area contributed by atoms with Crippen molar-refractivity contribution in [3.05, 3.63) is 89.5 Å². The van der Waals surface area contributed by atoms with E-state index in [0.29, 0.717) is 17.7 Å². The molecule has 0 radical (unpaired) electrons. The van der Waals surface area contributed by atoms with Crippen molar-refractivity contribution in [1.82, 2.24) is 0 Å². The lowest BCUT2D eigenvalue weighted by Gasteiger charge is -2.28. The van der Waals surface area contributed by atoms with E-state index in [4.69, 9.17) is 14.2 Å². The largest absolute Gasteiger partial charge is 0.490 e. The quantitative estimate of drug-likeness (QED) is 0.150. The molecule has 1 heterocycles. The van der Waals surface area contributed by atoms with Crippen LogP contribution in [0.1, 0.15) is 51.0 Å². The normalized spacial score (nSPS) is 17.7. The lowest BCUT2D eigenvalue weighted by Crippen LogP contribution is -2.30. The molecule has 0 aliphatic carbocycles. The molecule has 0 spiro atoms. The van der Waals surface area contributed by atoms with Crippen LogP contribution in [0.2, 0.25) is 0 Å². The van der Waals surface area contributed by atoms with E-state index in [2.05, 4.69) is 6.92 Å². The second kappa shape index (κ2) is 13.1. The molecule has 0 bridgehead atoms.